The van der Waals surface area contributed by atoms with E-state index < -0.39 is 0 Å². The van der Waals surface area contributed by atoms with Gasteiger partial charge in [0.25, 0.3) is 0 Å². The number of benzene rings is 1. The number of hydrogen-bond donors (Lipinski definition) is 1. The van der Waals surface area contributed by atoms with Crippen molar-refractivity contribution in [2.45, 2.75) is 56.2 Å². The van der Waals surface area contributed by atoms with Gasteiger partial charge in [0, 0.05) is 28.2 Å². The number of thiazole rings is 1. The Morgan fingerprint density at radius 1 is 1.21 bits per heavy atom. The van der Waals surface area contributed by atoms with Crippen LogP contribution in [0.4, 0.5) is 0 Å². The fourth-order valence-corrected chi connectivity index (χ4v) is 8.47. The summed E-state index contributed by atoms with van der Waals surface area (Å²) < 4.78 is 0.228. The van der Waals surface area contributed by atoms with E-state index in [9.17, 15) is 4.79 Å². The Balaban J connectivity index is 1.20. The van der Waals surface area contributed by atoms with Gasteiger partial charge in [-0.05, 0) is 57.3 Å². The minimum Gasteiger partial charge on any atom is -0.355 e. The maximum atomic E-state index is 13.1. The molecule has 5 heteroatoms. The molecule has 0 radical (unpaired) electrons. The third-order valence-electron chi connectivity index (χ3n) is 6.99. The van der Waals surface area contributed by atoms with Crippen molar-refractivity contribution >= 4 is 33.2 Å². The van der Waals surface area contributed by atoms with Crippen molar-refractivity contribution in [3.63, 3.8) is 0 Å². The second kappa shape index (κ2) is 6.94. The van der Waals surface area contributed by atoms with Gasteiger partial charge in [-0.15, -0.1) is 11.3 Å². The summed E-state index contributed by atoms with van der Waals surface area (Å²) in [5.74, 6) is 1.77. The van der Waals surface area contributed by atoms with Gasteiger partial charge >= 0.3 is 0 Å². The number of halogens is 1. The Morgan fingerprint density at radius 2 is 1.93 bits per heavy atom. The fraction of sp³-hybridized carbons (Fsp3) is 0.565. The van der Waals surface area contributed by atoms with Gasteiger partial charge in [-0.2, -0.15) is 0 Å². The summed E-state index contributed by atoms with van der Waals surface area (Å²) >= 11 is 5.69. The number of amides is 1. The largest absolute Gasteiger partial charge is 0.355 e. The highest BCUT2D eigenvalue weighted by atomic mass is 79.9. The van der Waals surface area contributed by atoms with Crippen LogP contribution in [0.5, 0.6) is 0 Å². The number of carbonyl (C=O) groups excluding carboxylic acids is 1. The summed E-state index contributed by atoms with van der Waals surface area (Å²) in [5.41, 5.74) is 3.38. The van der Waals surface area contributed by atoms with E-state index in [1.54, 1.807) is 11.3 Å². The molecule has 1 heterocycles. The van der Waals surface area contributed by atoms with Crippen LogP contribution in [0.1, 0.15) is 49.8 Å². The first-order chi connectivity index (χ1) is 13.4. The lowest BCUT2D eigenvalue weighted by atomic mass is 9.49. The summed E-state index contributed by atoms with van der Waals surface area (Å²) in [6.07, 6.45) is 7.87. The molecule has 4 aliphatic rings. The Bertz CT molecular complexity index is 876. The van der Waals surface area contributed by atoms with Crippen LogP contribution in [0, 0.1) is 24.2 Å². The average Bonchev–Trinajstić information content (AvgIpc) is 3.09. The van der Waals surface area contributed by atoms with Crippen molar-refractivity contribution in [2.24, 2.45) is 17.3 Å². The Labute approximate surface area is 179 Å². The number of alkyl halides is 1. The molecule has 2 atom stereocenters. The molecule has 0 saturated heterocycles. The van der Waals surface area contributed by atoms with Crippen molar-refractivity contribution in [3.8, 4) is 10.6 Å². The number of aryl methyl sites for hydroxylation is 1. The molecule has 4 bridgehead atoms. The maximum absolute atomic E-state index is 13.1. The van der Waals surface area contributed by atoms with Crippen LogP contribution in [0.2, 0.25) is 0 Å². The molecule has 1 N–H and O–H groups in total. The highest BCUT2D eigenvalue weighted by Gasteiger charge is 2.59. The van der Waals surface area contributed by atoms with E-state index in [1.165, 1.54) is 30.4 Å². The lowest BCUT2D eigenvalue weighted by Gasteiger charge is -2.59. The molecule has 1 amide bonds. The molecule has 0 aliphatic heterocycles. The van der Waals surface area contributed by atoms with Crippen molar-refractivity contribution in [3.05, 3.63) is 40.9 Å². The summed E-state index contributed by atoms with van der Waals surface area (Å²) in [4.78, 5) is 17.9. The predicted octanol–water partition coefficient (Wildman–Crippen LogP) is 5.51. The zero-order valence-corrected chi connectivity index (χ0v) is 18.7. The average molecular weight is 459 g/mol. The third kappa shape index (κ3) is 3.45. The van der Waals surface area contributed by atoms with E-state index >= 15 is 0 Å². The number of aromatic nitrogens is 1. The lowest BCUT2D eigenvalue weighted by Crippen LogP contribution is -2.58. The van der Waals surface area contributed by atoms with Gasteiger partial charge in [0.1, 0.15) is 5.01 Å². The van der Waals surface area contributed by atoms with Gasteiger partial charge in [0.05, 0.1) is 11.1 Å². The first-order valence-electron chi connectivity index (χ1n) is 10.4. The van der Waals surface area contributed by atoms with Gasteiger partial charge in [0.15, 0.2) is 0 Å². The standard InChI is InChI=1S/C23H27BrN2OS/c1-15-2-4-18(5-3-15)20-26-19(13-28-20)6-7-25-21(27)22-9-16-8-17(10-22)12-23(24,11-16)14-22/h2-5,13,16-17H,6-12,14H2,1H3,(H,25,27). The number of nitrogens with one attached hydrogen (secondary N) is 1. The van der Waals surface area contributed by atoms with Crippen LogP contribution in [0.15, 0.2) is 29.6 Å². The van der Waals surface area contributed by atoms with E-state index in [0.717, 1.165) is 48.2 Å². The summed E-state index contributed by atoms with van der Waals surface area (Å²) in [5, 5.41) is 6.45. The third-order valence-corrected chi connectivity index (χ3v) is 8.86. The van der Waals surface area contributed by atoms with Crippen LogP contribution >= 0.6 is 27.3 Å². The van der Waals surface area contributed by atoms with E-state index in [2.05, 4.69) is 57.8 Å². The topological polar surface area (TPSA) is 42.0 Å². The number of rotatable bonds is 5. The van der Waals surface area contributed by atoms with Gasteiger partial charge in [0.2, 0.25) is 5.91 Å². The van der Waals surface area contributed by atoms with E-state index in [0.29, 0.717) is 12.5 Å². The highest BCUT2D eigenvalue weighted by Crippen LogP contribution is 2.64. The normalized spacial score (nSPS) is 33.2. The minimum atomic E-state index is -0.122. The molecule has 4 saturated carbocycles. The molecule has 1 aromatic carbocycles. The van der Waals surface area contributed by atoms with Crippen LogP contribution in [-0.2, 0) is 11.2 Å². The highest BCUT2D eigenvalue weighted by molar-refractivity contribution is 9.10. The van der Waals surface area contributed by atoms with Crippen molar-refractivity contribution in [1.29, 1.82) is 0 Å². The Kier molecular flexibility index (Phi) is 4.66. The molecule has 148 valence electrons. The van der Waals surface area contributed by atoms with Gasteiger partial charge in [-0.1, -0.05) is 45.8 Å². The van der Waals surface area contributed by atoms with Crippen molar-refractivity contribution in [1.82, 2.24) is 10.3 Å². The Morgan fingerprint density at radius 3 is 2.61 bits per heavy atom. The van der Waals surface area contributed by atoms with E-state index in [4.69, 9.17) is 4.98 Å². The monoisotopic (exact) mass is 458 g/mol. The fourth-order valence-electron chi connectivity index (χ4n) is 6.16. The molecule has 28 heavy (non-hydrogen) atoms. The second-order valence-electron chi connectivity index (χ2n) is 9.41. The predicted molar refractivity (Wildman–Crippen MR) is 118 cm³/mol. The van der Waals surface area contributed by atoms with Gasteiger partial charge in [-0.25, -0.2) is 4.98 Å². The lowest BCUT2D eigenvalue weighted by molar-refractivity contribution is -0.144. The molecule has 1 aromatic heterocycles. The van der Waals surface area contributed by atoms with Crippen LogP contribution in [0.3, 0.4) is 0 Å². The molecule has 0 spiro atoms. The molecule has 4 fully saturated rings. The summed E-state index contributed by atoms with van der Waals surface area (Å²) in [6, 6.07) is 8.50. The van der Waals surface area contributed by atoms with E-state index in [-0.39, 0.29) is 9.74 Å². The molecular formula is C23H27BrN2OS. The SMILES string of the molecule is Cc1ccc(-c2nc(CCNC(=O)C34CC5CC(CC(Br)(C5)C3)C4)cs2)cc1. The molecule has 4 aliphatic carbocycles. The second-order valence-corrected chi connectivity index (χ2v) is 11.9. The minimum absolute atomic E-state index is 0.122. The first-order valence-corrected chi connectivity index (χ1v) is 12.1. The van der Waals surface area contributed by atoms with Crippen LogP contribution in [0.25, 0.3) is 10.6 Å². The van der Waals surface area contributed by atoms with Gasteiger partial charge in [-0.3, -0.25) is 4.79 Å². The number of hydrogen-bond acceptors (Lipinski definition) is 3. The molecule has 2 unspecified atom stereocenters. The van der Waals surface area contributed by atoms with Crippen LogP contribution in [-0.4, -0.2) is 21.8 Å². The molecule has 6 rings (SSSR count). The number of nitrogens with zero attached hydrogens (tertiary/aromatic N) is 1. The smallest absolute Gasteiger partial charge is 0.226 e. The quantitative estimate of drug-likeness (QED) is 0.599. The molecule has 2 aromatic rings. The zero-order chi connectivity index (χ0) is 19.4. The molecule has 3 nitrogen and oxygen atoms in total. The maximum Gasteiger partial charge on any atom is 0.226 e. The van der Waals surface area contributed by atoms with Crippen molar-refractivity contribution < 1.29 is 4.79 Å². The van der Waals surface area contributed by atoms with Gasteiger partial charge < -0.3 is 5.32 Å². The first kappa shape index (κ1) is 18.8. The van der Waals surface area contributed by atoms with E-state index in [1.807, 2.05) is 0 Å². The van der Waals surface area contributed by atoms with Crippen LogP contribution < -0.4 is 5.32 Å². The summed E-state index contributed by atoms with van der Waals surface area (Å²) in [6.45, 7) is 2.78. The summed E-state index contributed by atoms with van der Waals surface area (Å²) in [7, 11) is 0. The molecular weight excluding hydrogens is 432 g/mol. The number of carbonyl (C=O) groups is 1. The Hall–Kier alpha value is -1.20. The van der Waals surface area contributed by atoms with Crippen molar-refractivity contribution in [2.75, 3.05) is 6.54 Å². The zero-order valence-electron chi connectivity index (χ0n) is 16.3.